The van der Waals surface area contributed by atoms with E-state index < -0.39 is 12.1 Å². The molecule has 0 saturated carbocycles. The molecule has 8 heteroatoms. The van der Waals surface area contributed by atoms with E-state index in [0.717, 1.165) is 11.1 Å². The summed E-state index contributed by atoms with van der Waals surface area (Å²) in [6, 6.07) is 16.3. The summed E-state index contributed by atoms with van der Waals surface area (Å²) in [5.74, 6) is -0.611. The number of thioether (sulfide) groups is 1. The molecule has 3 N–H and O–H groups in total. The molecular weight excluding hydrogens is 428 g/mol. The maximum absolute atomic E-state index is 12.2. The van der Waals surface area contributed by atoms with Crippen molar-refractivity contribution in [2.75, 3.05) is 31.2 Å². The topological polar surface area (TPSA) is 105 Å². The molecule has 7 nitrogen and oxygen atoms in total. The van der Waals surface area contributed by atoms with Crippen LogP contribution in [0.1, 0.15) is 24.0 Å². The normalized spacial score (nSPS) is 12.6. The lowest BCUT2D eigenvalue weighted by Crippen LogP contribution is -2.29. The smallest absolute Gasteiger partial charge is 0.407 e. The van der Waals surface area contributed by atoms with Crippen molar-refractivity contribution in [3.05, 3.63) is 71.3 Å². The van der Waals surface area contributed by atoms with Crippen LogP contribution in [0, 0.1) is 0 Å². The summed E-state index contributed by atoms with van der Waals surface area (Å²) in [5.41, 5.74) is 5.10. The Bertz CT molecular complexity index is 975. The van der Waals surface area contributed by atoms with Gasteiger partial charge < -0.3 is 20.5 Å². The lowest BCUT2D eigenvalue weighted by atomic mass is 9.98. The molecule has 0 spiro atoms. The number of rotatable bonds is 10. The Balaban J connectivity index is 1.43. The summed E-state index contributed by atoms with van der Waals surface area (Å²) in [7, 11) is 0. The van der Waals surface area contributed by atoms with Gasteiger partial charge in [-0.2, -0.15) is 0 Å². The number of carboxylic acids is 1. The van der Waals surface area contributed by atoms with Crippen molar-refractivity contribution in [1.82, 2.24) is 10.6 Å². The Morgan fingerprint density at radius 1 is 1.03 bits per heavy atom. The summed E-state index contributed by atoms with van der Waals surface area (Å²) in [5, 5.41) is 13.9. The molecule has 32 heavy (non-hydrogen) atoms. The molecule has 3 rings (SSSR count). The lowest BCUT2D eigenvalue weighted by molar-refractivity contribution is -0.133. The van der Waals surface area contributed by atoms with Crippen LogP contribution in [0.2, 0.25) is 0 Å². The van der Waals surface area contributed by atoms with Crippen LogP contribution in [-0.4, -0.2) is 54.3 Å². The first kappa shape index (κ1) is 23.4. The number of hydrogen-bond acceptors (Lipinski definition) is 5. The average molecular weight is 455 g/mol. The molecule has 0 bridgehead atoms. The van der Waals surface area contributed by atoms with Gasteiger partial charge >= 0.3 is 12.1 Å². The highest BCUT2D eigenvalue weighted by atomic mass is 32.2. The number of amides is 2. The Morgan fingerprint density at radius 2 is 1.66 bits per heavy atom. The van der Waals surface area contributed by atoms with Crippen LogP contribution in [-0.2, 0) is 14.3 Å². The van der Waals surface area contributed by atoms with Crippen LogP contribution < -0.4 is 10.6 Å². The fourth-order valence-corrected chi connectivity index (χ4v) is 4.13. The Kier molecular flexibility index (Phi) is 8.33. The van der Waals surface area contributed by atoms with E-state index in [4.69, 9.17) is 9.84 Å². The van der Waals surface area contributed by atoms with Gasteiger partial charge in [0.2, 0.25) is 5.91 Å². The van der Waals surface area contributed by atoms with Gasteiger partial charge in [0.05, 0.1) is 5.75 Å². The minimum atomic E-state index is -0.878. The lowest BCUT2D eigenvalue weighted by Gasteiger charge is -2.14. The molecule has 2 aromatic carbocycles. The predicted molar refractivity (Wildman–Crippen MR) is 125 cm³/mol. The SMILES string of the molecule is C/C(=C\CNC(=O)OCC1c2ccccc2-c2ccccc21)C(=O)NCCSCC(=O)O. The number of carbonyl (C=O) groups excluding carboxylic acids is 2. The second-order valence-corrected chi connectivity index (χ2v) is 8.40. The van der Waals surface area contributed by atoms with Gasteiger partial charge in [0, 0.05) is 30.3 Å². The molecule has 0 saturated heterocycles. The zero-order valence-electron chi connectivity index (χ0n) is 17.8. The highest BCUT2D eigenvalue weighted by Crippen LogP contribution is 2.44. The Labute approximate surface area is 191 Å². The maximum Gasteiger partial charge on any atom is 0.407 e. The molecule has 1 aliphatic carbocycles. The standard InChI is InChI=1S/C24H26N2O5S/c1-16(23(29)25-12-13-32-15-22(27)28)10-11-26-24(30)31-14-21-19-8-4-2-6-17(19)18-7-3-5-9-20(18)21/h2-10,21H,11-15H2,1H3,(H,25,29)(H,26,30)(H,27,28)/b16-10+. The number of fused-ring (bicyclic) bond motifs is 3. The predicted octanol–water partition coefficient (Wildman–Crippen LogP) is 3.41. The first-order valence-corrected chi connectivity index (χ1v) is 11.5. The third kappa shape index (κ3) is 6.13. The van der Waals surface area contributed by atoms with Crippen molar-refractivity contribution in [3.63, 3.8) is 0 Å². The zero-order valence-corrected chi connectivity index (χ0v) is 18.6. The Hall–Kier alpha value is -3.26. The fraction of sp³-hybridized carbons (Fsp3) is 0.292. The second-order valence-electron chi connectivity index (χ2n) is 7.30. The number of alkyl carbamates (subject to hydrolysis) is 1. The molecule has 2 amide bonds. The van der Waals surface area contributed by atoms with E-state index in [1.54, 1.807) is 13.0 Å². The number of hydrogen-bond donors (Lipinski definition) is 3. The van der Waals surface area contributed by atoms with Crippen molar-refractivity contribution in [1.29, 1.82) is 0 Å². The van der Waals surface area contributed by atoms with Crippen molar-refractivity contribution in [2.24, 2.45) is 0 Å². The first-order chi connectivity index (χ1) is 15.5. The maximum atomic E-state index is 12.2. The zero-order chi connectivity index (χ0) is 22.9. The van der Waals surface area contributed by atoms with Gasteiger partial charge in [0.15, 0.2) is 0 Å². The van der Waals surface area contributed by atoms with E-state index in [0.29, 0.717) is 17.9 Å². The van der Waals surface area contributed by atoms with Gasteiger partial charge in [0.1, 0.15) is 6.61 Å². The molecule has 0 atom stereocenters. The highest BCUT2D eigenvalue weighted by molar-refractivity contribution is 7.99. The largest absolute Gasteiger partial charge is 0.481 e. The van der Waals surface area contributed by atoms with E-state index in [-0.39, 0.29) is 30.7 Å². The van der Waals surface area contributed by atoms with Crippen LogP contribution in [0.5, 0.6) is 0 Å². The third-order valence-corrected chi connectivity index (χ3v) is 6.06. The van der Waals surface area contributed by atoms with Crippen LogP contribution in [0.15, 0.2) is 60.2 Å². The van der Waals surface area contributed by atoms with E-state index in [9.17, 15) is 14.4 Å². The fourth-order valence-electron chi connectivity index (χ4n) is 3.57. The second kappa shape index (κ2) is 11.4. The molecule has 168 valence electrons. The average Bonchev–Trinajstić information content (AvgIpc) is 3.11. The van der Waals surface area contributed by atoms with Gasteiger partial charge in [-0.3, -0.25) is 9.59 Å². The van der Waals surface area contributed by atoms with Gasteiger partial charge in [0.25, 0.3) is 0 Å². The van der Waals surface area contributed by atoms with Crippen molar-refractivity contribution in [3.8, 4) is 11.1 Å². The number of carboxylic acid groups (broad SMARTS) is 1. The molecule has 0 unspecified atom stereocenters. The highest BCUT2D eigenvalue weighted by Gasteiger charge is 2.28. The van der Waals surface area contributed by atoms with Crippen molar-refractivity contribution in [2.45, 2.75) is 12.8 Å². The molecule has 0 radical (unpaired) electrons. The quantitative estimate of drug-likeness (QED) is 0.375. The number of nitrogens with one attached hydrogen (secondary N) is 2. The number of carbonyl (C=O) groups is 3. The first-order valence-electron chi connectivity index (χ1n) is 10.3. The number of ether oxygens (including phenoxy) is 1. The van der Waals surface area contributed by atoms with Gasteiger partial charge in [-0.05, 0) is 29.2 Å². The van der Waals surface area contributed by atoms with Crippen LogP contribution in [0.25, 0.3) is 11.1 Å². The summed E-state index contributed by atoms with van der Waals surface area (Å²) >= 11 is 1.24. The van der Waals surface area contributed by atoms with E-state index >= 15 is 0 Å². The third-order valence-electron chi connectivity index (χ3n) is 5.11. The van der Waals surface area contributed by atoms with Crippen LogP contribution in [0.4, 0.5) is 4.79 Å². The summed E-state index contributed by atoms with van der Waals surface area (Å²) < 4.78 is 5.46. The molecular formula is C24H26N2O5S. The minimum Gasteiger partial charge on any atom is -0.481 e. The molecule has 0 fully saturated rings. The Morgan fingerprint density at radius 3 is 2.28 bits per heavy atom. The summed E-state index contributed by atoms with van der Waals surface area (Å²) in [6.45, 7) is 2.43. The van der Waals surface area contributed by atoms with Crippen molar-refractivity contribution >= 4 is 29.7 Å². The monoisotopic (exact) mass is 454 g/mol. The van der Waals surface area contributed by atoms with Crippen molar-refractivity contribution < 1.29 is 24.2 Å². The van der Waals surface area contributed by atoms with E-state index in [2.05, 4.69) is 34.9 Å². The number of benzene rings is 2. The van der Waals surface area contributed by atoms with Gasteiger partial charge in [-0.25, -0.2) is 4.79 Å². The minimum absolute atomic E-state index is 0.00444. The van der Waals surface area contributed by atoms with Gasteiger partial charge in [-0.15, -0.1) is 11.8 Å². The molecule has 0 heterocycles. The number of aliphatic carboxylic acids is 1. The van der Waals surface area contributed by atoms with Crippen LogP contribution >= 0.6 is 11.8 Å². The summed E-state index contributed by atoms with van der Waals surface area (Å²) in [4.78, 5) is 34.6. The van der Waals surface area contributed by atoms with Crippen LogP contribution in [0.3, 0.4) is 0 Å². The molecule has 0 aromatic heterocycles. The van der Waals surface area contributed by atoms with E-state index in [1.807, 2.05) is 24.3 Å². The molecule has 1 aliphatic rings. The summed E-state index contributed by atoms with van der Waals surface area (Å²) in [6.07, 6.45) is 1.07. The van der Waals surface area contributed by atoms with Gasteiger partial charge in [-0.1, -0.05) is 54.6 Å². The van der Waals surface area contributed by atoms with E-state index in [1.165, 1.54) is 22.9 Å². The molecule has 0 aliphatic heterocycles. The molecule has 2 aromatic rings.